The van der Waals surface area contributed by atoms with Crippen LogP contribution in [-0.2, 0) is 9.53 Å². The van der Waals surface area contributed by atoms with E-state index in [-0.39, 0.29) is 5.91 Å². The summed E-state index contributed by atoms with van der Waals surface area (Å²) in [7, 11) is 4.79. The summed E-state index contributed by atoms with van der Waals surface area (Å²) in [5.41, 5.74) is 2.50. The Morgan fingerprint density at radius 1 is 1.04 bits per heavy atom. The monoisotopic (exact) mass is 378 g/mol. The normalized spacial score (nSPS) is 11.7. The summed E-state index contributed by atoms with van der Waals surface area (Å²) in [6.07, 6.45) is -0.892. The van der Waals surface area contributed by atoms with E-state index in [0.717, 1.165) is 5.56 Å². The van der Waals surface area contributed by atoms with Gasteiger partial charge in [0.25, 0.3) is 5.91 Å². The maximum atomic E-state index is 12.9. The number of fused-ring (bicyclic) bond motifs is 1. The van der Waals surface area contributed by atoms with Crippen LogP contribution in [0, 0.1) is 0 Å². The van der Waals surface area contributed by atoms with Crippen LogP contribution in [0.4, 0.5) is 0 Å². The summed E-state index contributed by atoms with van der Waals surface area (Å²) in [5, 5.41) is 0.605. The summed E-state index contributed by atoms with van der Waals surface area (Å²) < 4.78 is 10.7. The molecule has 0 unspecified atom stereocenters. The van der Waals surface area contributed by atoms with Gasteiger partial charge in [0.1, 0.15) is 5.75 Å². The maximum Gasteiger partial charge on any atom is 0.339 e. The van der Waals surface area contributed by atoms with Gasteiger partial charge in [-0.2, -0.15) is 0 Å². The van der Waals surface area contributed by atoms with E-state index in [2.05, 4.69) is 4.98 Å². The number of rotatable bonds is 5. The number of pyridine rings is 1. The lowest BCUT2D eigenvalue weighted by atomic mass is 10.0. The lowest BCUT2D eigenvalue weighted by molar-refractivity contribution is -0.137. The number of ether oxygens (including phenoxy) is 2. The van der Waals surface area contributed by atoms with Crippen molar-refractivity contribution in [2.24, 2.45) is 0 Å². The molecule has 6 nitrogen and oxygen atoms in total. The topological polar surface area (TPSA) is 68.7 Å². The Kier molecular flexibility index (Phi) is 5.59. The van der Waals surface area contributed by atoms with Crippen molar-refractivity contribution in [2.75, 3.05) is 21.2 Å². The Labute approximate surface area is 163 Å². The Morgan fingerprint density at radius 2 is 1.75 bits per heavy atom. The molecule has 3 aromatic rings. The average Bonchev–Trinajstić information content (AvgIpc) is 2.72. The van der Waals surface area contributed by atoms with Crippen molar-refractivity contribution in [1.29, 1.82) is 0 Å². The van der Waals surface area contributed by atoms with E-state index < -0.39 is 12.1 Å². The number of amides is 1. The molecule has 0 saturated heterocycles. The van der Waals surface area contributed by atoms with Crippen molar-refractivity contribution in [2.45, 2.75) is 13.0 Å². The van der Waals surface area contributed by atoms with Crippen molar-refractivity contribution >= 4 is 22.8 Å². The van der Waals surface area contributed by atoms with Crippen LogP contribution < -0.4 is 4.74 Å². The van der Waals surface area contributed by atoms with E-state index >= 15 is 0 Å². The molecule has 0 bridgehead atoms. The molecule has 28 heavy (non-hydrogen) atoms. The van der Waals surface area contributed by atoms with E-state index in [0.29, 0.717) is 27.9 Å². The summed E-state index contributed by atoms with van der Waals surface area (Å²) in [5.74, 6) is -0.263. The third kappa shape index (κ3) is 3.96. The number of nitrogens with zero attached hydrogens (tertiary/aromatic N) is 2. The molecule has 144 valence electrons. The van der Waals surface area contributed by atoms with Gasteiger partial charge in [-0.25, -0.2) is 9.78 Å². The molecule has 0 fully saturated rings. The first-order chi connectivity index (χ1) is 13.4. The number of likely N-dealkylation sites (N-methyl/N-ethyl adjacent to an activating group) is 1. The summed E-state index contributed by atoms with van der Waals surface area (Å²) in [6, 6.07) is 16.6. The number of methoxy groups -OCH3 is 1. The Morgan fingerprint density at radius 3 is 2.39 bits per heavy atom. The highest BCUT2D eigenvalue weighted by Crippen LogP contribution is 2.28. The Balaban J connectivity index is 2.09. The molecular formula is C22H22N2O4. The molecular weight excluding hydrogens is 356 g/mol. The van der Waals surface area contributed by atoms with Crippen LogP contribution in [0.1, 0.15) is 17.3 Å². The number of benzene rings is 2. The zero-order valence-electron chi connectivity index (χ0n) is 16.3. The third-order valence-corrected chi connectivity index (χ3v) is 4.38. The van der Waals surface area contributed by atoms with Gasteiger partial charge in [-0.1, -0.05) is 30.3 Å². The smallest absolute Gasteiger partial charge is 0.339 e. The van der Waals surface area contributed by atoms with E-state index in [4.69, 9.17) is 9.47 Å². The minimum absolute atomic E-state index is 0.285. The largest absolute Gasteiger partial charge is 0.497 e. The fourth-order valence-corrected chi connectivity index (χ4v) is 2.90. The molecule has 1 atom stereocenters. The molecule has 0 saturated carbocycles. The van der Waals surface area contributed by atoms with Crippen molar-refractivity contribution < 1.29 is 19.1 Å². The summed E-state index contributed by atoms with van der Waals surface area (Å²) >= 11 is 0. The average molecular weight is 378 g/mol. The highest BCUT2D eigenvalue weighted by Gasteiger charge is 2.23. The van der Waals surface area contributed by atoms with Gasteiger partial charge in [0, 0.05) is 25.0 Å². The van der Waals surface area contributed by atoms with E-state index in [1.165, 1.54) is 4.90 Å². The van der Waals surface area contributed by atoms with E-state index in [1.54, 1.807) is 52.4 Å². The molecule has 0 aliphatic rings. The van der Waals surface area contributed by atoms with Crippen LogP contribution in [0.3, 0.4) is 0 Å². The number of aromatic nitrogens is 1. The molecule has 0 spiro atoms. The molecule has 2 aromatic carbocycles. The summed E-state index contributed by atoms with van der Waals surface area (Å²) in [4.78, 5) is 31.1. The van der Waals surface area contributed by atoms with Gasteiger partial charge in [-0.05, 0) is 31.2 Å². The highest BCUT2D eigenvalue weighted by molar-refractivity contribution is 6.05. The number of carbonyl (C=O) groups excluding carboxylic acids is 2. The molecule has 0 aliphatic carbocycles. The highest BCUT2D eigenvalue weighted by atomic mass is 16.5. The van der Waals surface area contributed by atoms with Crippen LogP contribution >= 0.6 is 0 Å². The van der Waals surface area contributed by atoms with Crippen molar-refractivity contribution in [3.05, 3.63) is 60.2 Å². The van der Waals surface area contributed by atoms with Crippen LogP contribution in [0.2, 0.25) is 0 Å². The number of carbonyl (C=O) groups is 2. The van der Waals surface area contributed by atoms with E-state index in [1.807, 2.05) is 30.3 Å². The second kappa shape index (κ2) is 8.08. The van der Waals surface area contributed by atoms with Crippen molar-refractivity contribution in [1.82, 2.24) is 9.88 Å². The first kappa shape index (κ1) is 19.4. The van der Waals surface area contributed by atoms with Crippen LogP contribution in [-0.4, -0.2) is 49.1 Å². The molecule has 1 heterocycles. The van der Waals surface area contributed by atoms with Crippen LogP contribution in [0.15, 0.2) is 54.6 Å². The van der Waals surface area contributed by atoms with Crippen molar-refractivity contribution in [3.8, 4) is 17.0 Å². The second-order valence-electron chi connectivity index (χ2n) is 6.58. The molecule has 0 aliphatic heterocycles. The van der Waals surface area contributed by atoms with Gasteiger partial charge >= 0.3 is 5.97 Å². The second-order valence-corrected chi connectivity index (χ2v) is 6.58. The molecule has 1 amide bonds. The third-order valence-electron chi connectivity index (χ3n) is 4.38. The molecule has 0 N–H and O–H groups in total. The molecule has 1 aromatic heterocycles. The van der Waals surface area contributed by atoms with E-state index in [9.17, 15) is 9.59 Å². The minimum atomic E-state index is -0.892. The first-order valence-electron chi connectivity index (χ1n) is 8.87. The first-order valence-corrected chi connectivity index (χ1v) is 8.87. The van der Waals surface area contributed by atoms with Gasteiger partial charge < -0.3 is 14.4 Å². The summed E-state index contributed by atoms with van der Waals surface area (Å²) in [6.45, 7) is 1.56. The molecule has 3 rings (SSSR count). The van der Waals surface area contributed by atoms with Crippen LogP contribution in [0.25, 0.3) is 22.2 Å². The predicted octanol–water partition coefficient (Wildman–Crippen LogP) is 3.54. The lowest BCUT2D eigenvalue weighted by Crippen LogP contribution is -2.35. The lowest BCUT2D eigenvalue weighted by Gasteiger charge is -2.18. The predicted molar refractivity (Wildman–Crippen MR) is 107 cm³/mol. The van der Waals surface area contributed by atoms with Crippen molar-refractivity contribution in [3.63, 3.8) is 0 Å². The minimum Gasteiger partial charge on any atom is -0.497 e. The standard InChI is InChI=1S/C22H22N2O4/c1-14(21(25)24(2)3)28-22(26)18-13-20(15-8-6-5-7-9-15)23-19-11-10-16(27-4)12-17(18)19/h5-14H,1-4H3/t14-/m0/s1. The Hall–Kier alpha value is -3.41. The SMILES string of the molecule is COc1ccc2nc(-c3ccccc3)cc(C(=O)O[C@@H](C)C(=O)N(C)C)c2c1. The fourth-order valence-electron chi connectivity index (χ4n) is 2.90. The number of hydrogen-bond acceptors (Lipinski definition) is 5. The number of hydrogen-bond donors (Lipinski definition) is 0. The number of esters is 1. The molecule has 6 heteroatoms. The van der Waals surface area contributed by atoms with Gasteiger partial charge in [0.15, 0.2) is 6.10 Å². The quantitative estimate of drug-likeness (QED) is 0.635. The van der Waals surface area contributed by atoms with Crippen LogP contribution in [0.5, 0.6) is 5.75 Å². The zero-order chi connectivity index (χ0) is 20.3. The maximum absolute atomic E-state index is 12.9. The fraction of sp³-hybridized carbons (Fsp3) is 0.227. The molecule has 0 radical (unpaired) electrons. The van der Waals surface area contributed by atoms with Gasteiger partial charge in [-0.15, -0.1) is 0 Å². The van der Waals surface area contributed by atoms with Gasteiger partial charge in [-0.3, -0.25) is 4.79 Å². The zero-order valence-corrected chi connectivity index (χ0v) is 16.3. The van der Waals surface area contributed by atoms with Gasteiger partial charge in [0.05, 0.1) is 23.9 Å². The Bertz CT molecular complexity index is 1020. The van der Waals surface area contributed by atoms with Gasteiger partial charge in [0.2, 0.25) is 0 Å².